The summed E-state index contributed by atoms with van der Waals surface area (Å²) in [5.41, 5.74) is 8.24. The molecule has 0 saturated carbocycles. The predicted octanol–water partition coefficient (Wildman–Crippen LogP) is 2.92. The Hall–Kier alpha value is -2.14. The van der Waals surface area contributed by atoms with E-state index in [0.29, 0.717) is 12.3 Å². The van der Waals surface area contributed by atoms with Gasteiger partial charge in [-0.2, -0.15) is 5.10 Å². The summed E-state index contributed by atoms with van der Waals surface area (Å²) in [7, 11) is 0. The highest BCUT2D eigenvalue weighted by atomic mass is 16.3. The van der Waals surface area contributed by atoms with Gasteiger partial charge in [-0.15, -0.1) is 0 Å². The first-order chi connectivity index (χ1) is 10.1. The van der Waals surface area contributed by atoms with Crippen molar-refractivity contribution in [3.05, 3.63) is 48.2 Å². The van der Waals surface area contributed by atoms with Crippen molar-refractivity contribution in [2.75, 3.05) is 0 Å². The Balaban J connectivity index is 1.83. The summed E-state index contributed by atoms with van der Waals surface area (Å²) in [5.74, 6) is 1.44. The molecule has 1 atom stereocenters. The molecule has 0 saturated heterocycles. The van der Waals surface area contributed by atoms with Crippen molar-refractivity contribution in [2.45, 2.75) is 32.9 Å². The highest BCUT2D eigenvalue weighted by Gasteiger charge is 2.17. The van der Waals surface area contributed by atoms with Crippen molar-refractivity contribution in [1.29, 1.82) is 0 Å². The van der Waals surface area contributed by atoms with E-state index < -0.39 is 0 Å². The van der Waals surface area contributed by atoms with Gasteiger partial charge in [-0.1, -0.05) is 32.0 Å². The average molecular weight is 284 g/mol. The van der Waals surface area contributed by atoms with E-state index in [-0.39, 0.29) is 6.04 Å². The summed E-state index contributed by atoms with van der Waals surface area (Å²) in [6.07, 6.45) is 3.99. The maximum Gasteiger partial charge on any atom is 0.138 e. The van der Waals surface area contributed by atoms with Crippen molar-refractivity contribution in [3.8, 4) is 0 Å². The number of benzene rings is 1. The lowest BCUT2D eigenvalue weighted by molar-refractivity contribution is 0.459. The van der Waals surface area contributed by atoms with Gasteiger partial charge in [-0.05, 0) is 12.0 Å². The lowest BCUT2D eigenvalue weighted by atomic mass is 10.0. The Bertz CT molecular complexity index is 729. The molecule has 110 valence electrons. The average Bonchev–Trinajstić information content (AvgIpc) is 3.05. The second-order valence-corrected chi connectivity index (χ2v) is 5.75. The van der Waals surface area contributed by atoms with Crippen LogP contribution in [0.5, 0.6) is 0 Å². The van der Waals surface area contributed by atoms with Gasteiger partial charge in [0.2, 0.25) is 0 Å². The molecule has 0 aliphatic carbocycles. The Morgan fingerprint density at radius 3 is 2.90 bits per heavy atom. The third-order valence-corrected chi connectivity index (χ3v) is 3.55. The second-order valence-electron chi connectivity index (χ2n) is 5.75. The van der Waals surface area contributed by atoms with Crippen LogP contribution in [0, 0.1) is 5.92 Å². The van der Waals surface area contributed by atoms with Gasteiger partial charge in [0.15, 0.2) is 0 Å². The van der Waals surface area contributed by atoms with Gasteiger partial charge in [0.05, 0.1) is 6.26 Å². The highest BCUT2D eigenvalue weighted by molar-refractivity contribution is 5.81. The van der Waals surface area contributed by atoms with E-state index in [0.717, 1.165) is 28.9 Å². The molecule has 0 aliphatic heterocycles. The van der Waals surface area contributed by atoms with Crippen molar-refractivity contribution < 1.29 is 4.42 Å². The third kappa shape index (κ3) is 2.83. The van der Waals surface area contributed by atoms with Crippen LogP contribution in [0.2, 0.25) is 0 Å². The Labute approximate surface area is 123 Å². The van der Waals surface area contributed by atoms with Crippen LogP contribution >= 0.6 is 0 Å². The fourth-order valence-electron chi connectivity index (χ4n) is 2.54. The molecule has 2 N–H and O–H groups in total. The molecule has 0 radical (unpaired) electrons. The topological polar surface area (TPSA) is 69.9 Å². The highest BCUT2D eigenvalue weighted by Crippen LogP contribution is 2.26. The van der Waals surface area contributed by atoms with Crippen LogP contribution in [0.15, 0.2) is 41.3 Å². The van der Waals surface area contributed by atoms with E-state index in [9.17, 15) is 0 Å². The van der Waals surface area contributed by atoms with Crippen molar-refractivity contribution in [1.82, 2.24) is 14.8 Å². The van der Waals surface area contributed by atoms with E-state index in [4.69, 9.17) is 10.2 Å². The first-order valence-electron chi connectivity index (χ1n) is 7.23. The van der Waals surface area contributed by atoms with Crippen molar-refractivity contribution in [2.24, 2.45) is 11.7 Å². The number of fused-ring (bicyclic) bond motifs is 1. The summed E-state index contributed by atoms with van der Waals surface area (Å²) in [6, 6.07) is 7.79. The fraction of sp³-hybridized carbons (Fsp3) is 0.375. The molecule has 2 heterocycles. The fourth-order valence-corrected chi connectivity index (χ4v) is 2.54. The molecule has 0 bridgehead atoms. The van der Waals surface area contributed by atoms with Crippen LogP contribution < -0.4 is 5.73 Å². The quantitative estimate of drug-likeness (QED) is 0.782. The molecule has 5 nitrogen and oxygen atoms in total. The van der Waals surface area contributed by atoms with E-state index >= 15 is 0 Å². The first-order valence-corrected chi connectivity index (χ1v) is 7.23. The smallest absolute Gasteiger partial charge is 0.138 e. The molecule has 0 fully saturated rings. The molecule has 3 rings (SSSR count). The Morgan fingerprint density at radius 2 is 2.10 bits per heavy atom. The molecular weight excluding hydrogens is 264 g/mol. The summed E-state index contributed by atoms with van der Waals surface area (Å²) < 4.78 is 7.50. The molecule has 1 aromatic carbocycles. The zero-order valence-corrected chi connectivity index (χ0v) is 12.4. The maximum absolute atomic E-state index is 6.36. The standard InChI is InChI=1S/C16H20N4O/c1-11(2)8-20-16(18-10-19-20)7-14(17)13-9-21-15-6-4-3-5-12(13)15/h3-6,9-11,14H,7-8,17H2,1-2H3. The molecule has 0 spiro atoms. The predicted molar refractivity (Wildman–Crippen MR) is 81.7 cm³/mol. The van der Waals surface area contributed by atoms with Crippen LogP contribution in [0.25, 0.3) is 11.0 Å². The number of nitrogens with two attached hydrogens (primary N) is 1. The zero-order chi connectivity index (χ0) is 14.8. The van der Waals surface area contributed by atoms with Crippen LogP contribution in [0.3, 0.4) is 0 Å². The number of rotatable bonds is 5. The lowest BCUT2D eigenvalue weighted by Gasteiger charge is -2.12. The molecule has 3 aromatic rings. The van der Waals surface area contributed by atoms with Crippen LogP contribution in [-0.4, -0.2) is 14.8 Å². The molecular formula is C16H20N4O. The van der Waals surface area contributed by atoms with Gasteiger partial charge in [-0.3, -0.25) is 0 Å². The first kappa shape index (κ1) is 13.8. The number of aromatic nitrogens is 3. The number of furan rings is 1. The SMILES string of the molecule is CC(C)Cn1ncnc1CC(N)c1coc2ccccc12. The van der Waals surface area contributed by atoms with Gasteiger partial charge >= 0.3 is 0 Å². The van der Waals surface area contributed by atoms with E-state index in [1.54, 1.807) is 12.6 Å². The van der Waals surface area contributed by atoms with Gasteiger partial charge in [0, 0.05) is 30.0 Å². The minimum Gasteiger partial charge on any atom is -0.464 e. The van der Waals surface area contributed by atoms with E-state index in [2.05, 4.69) is 23.9 Å². The third-order valence-electron chi connectivity index (χ3n) is 3.55. The maximum atomic E-state index is 6.36. The van der Waals surface area contributed by atoms with Gasteiger partial charge in [0.1, 0.15) is 17.7 Å². The van der Waals surface area contributed by atoms with Crippen molar-refractivity contribution in [3.63, 3.8) is 0 Å². The zero-order valence-electron chi connectivity index (χ0n) is 12.4. The van der Waals surface area contributed by atoms with Gasteiger partial charge < -0.3 is 10.2 Å². The molecule has 21 heavy (non-hydrogen) atoms. The summed E-state index contributed by atoms with van der Waals surface area (Å²) in [6.45, 7) is 5.18. The molecule has 0 amide bonds. The molecule has 0 aliphatic rings. The molecule has 5 heteroatoms. The summed E-state index contributed by atoms with van der Waals surface area (Å²) in [5, 5.41) is 5.35. The summed E-state index contributed by atoms with van der Waals surface area (Å²) in [4.78, 5) is 4.34. The summed E-state index contributed by atoms with van der Waals surface area (Å²) >= 11 is 0. The minimum absolute atomic E-state index is 0.149. The Kier molecular flexibility index (Phi) is 3.75. The lowest BCUT2D eigenvalue weighted by Crippen LogP contribution is -2.18. The number of hydrogen-bond acceptors (Lipinski definition) is 4. The Morgan fingerprint density at radius 1 is 1.29 bits per heavy atom. The number of hydrogen-bond donors (Lipinski definition) is 1. The largest absolute Gasteiger partial charge is 0.464 e. The monoisotopic (exact) mass is 284 g/mol. The second kappa shape index (κ2) is 5.69. The minimum atomic E-state index is -0.149. The van der Waals surface area contributed by atoms with Gasteiger partial charge in [0.25, 0.3) is 0 Å². The molecule has 2 aromatic heterocycles. The van der Waals surface area contributed by atoms with Crippen LogP contribution in [0.4, 0.5) is 0 Å². The van der Waals surface area contributed by atoms with Crippen molar-refractivity contribution >= 4 is 11.0 Å². The normalized spacial score (nSPS) is 13.1. The number of nitrogens with zero attached hydrogens (tertiary/aromatic N) is 3. The molecule has 1 unspecified atom stereocenters. The number of para-hydroxylation sites is 1. The van der Waals surface area contributed by atoms with Crippen LogP contribution in [-0.2, 0) is 13.0 Å². The van der Waals surface area contributed by atoms with E-state index in [1.807, 2.05) is 28.9 Å². The van der Waals surface area contributed by atoms with E-state index in [1.165, 1.54) is 0 Å². The van der Waals surface area contributed by atoms with Gasteiger partial charge in [-0.25, -0.2) is 9.67 Å². The van der Waals surface area contributed by atoms with Crippen LogP contribution in [0.1, 0.15) is 31.3 Å².